The zero-order valence-electron chi connectivity index (χ0n) is 16.7. The van der Waals surface area contributed by atoms with Gasteiger partial charge in [-0.1, -0.05) is 65.8 Å². The summed E-state index contributed by atoms with van der Waals surface area (Å²) in [5, 5.41) is 7.00. The van der Waals surface area contributed by atoms with Crippen molar-refractivity contribution in [1.82, 2.24) is 15.5 Å². The van der Waals surface area contributed by atoms with Gasteiger partial charge in [0.1, 0.15) is 17.1 Å². The fraction of sp³-hybridized carbons (Fsp3) is 0.125. The second-order valence-corrected chi connectivity index (χ2v) is 7.07. The van der Waals surface area contributed by atoms with E-state index in [1.54, 1.807) is 13.0 Å². The van der Waals surface area contributed by atoms with Gasteiger partial charge in [0, 0.05) is 17.3 Å². The van der Waals surface area contributed by atoms with Crippen LogP contribution in [0.4, 0.5) is 0 Å². The van der Waals surface area contributed by atoms with Crippen molar-refractivity contribution in [3.63, 3.8) is 0 Å². The average Bonchev–Trinajstić information content (AvgIpc) is 3.42. The number of benzene rings is 2. The van der Waals surface area contributed by atoms with E-state index in [-0.39, 0.29) is 17.7 Å². The summed E-state index contributed by atoms with van der Waals surface area (Å²) in [6, 6.07) is 20.5. The summed E-state index contributed by atoms with van der Waals surface area (Å²) in [6.07, 6.45) is 1.53. The van der Waals surface area contributed by atoms with Crippen molar-refractivity contribution in [1.29, 1.82) is 0 Å². The van der Waals surface area contributed by atoms with Crippen LogP contribution >= 0.6 is 0 Å². The Morgan fingerprint density at radius 3 is 2.40 bits per heavy atom. The molecule has 0 bridgehead atoms. The van der Waals surface area contributed by atoms with Crippen LogP contribution in [0, 0.1) is 6.92 Å². The Bertz CT molecular complexity index is 1180. The number of H-pyrrole nitrogens is 1. The molecule has 0 spiro atoms. The molecule has 0 aliphatic carbocycles. The van der Waals surface area contributed by atoms with Crippen LogP contribution in [0.2, 0.25) is 0 Å². The van der Waals surface area contributed by atoms with Gasteiger partial charge in [0.15, 0.2) is 5.78 Å². The van der Waals surface area contributed by atoms with Gasteiger partial charge >= 0.3 is 0 Å². The third kappa shape index (κ3) is 3.80. The topological polar surface area (TPSA) is 88.0 Å². The molecule has 1 atom stereocenters. The van der Waals surface area contributed by atoms with Crippen LogP contribution in [0.5, 0.6) is 0 Å². The van der Waals surface area contributed by atoms with Crippen molar-refractivity contribution in [3.8, 4) is 11.3 Å². The van der Waals surface area contributed by atoms with Crippen LogP contribution in [0.25, 0.3) is 11.3 Å². The lowest BCUT2D eigenvalue weighted by molar-refractivity contribution is 0.0935. The van der Waals surface area contributed by atoms with Gasteiger partial charge in [-0.05, 0) is 25.5 Å². The van der Waals surface area contributed by atoms with Gasteiger partial charge < -0.3 is 14.8 Å². The zero-order chi connectivity index (χ0) is 21.1. The Balaban J connectivity index is 1.56. The van der Waals surface area contributed by atoms with Crippen molar-refractivity contribution in [2.75, 3.05) is 0 Å². The lowest BCUT2D eigenvalue weighted by Crippen LogP contribution is -2.26. The molecule has 0 fully saturated rings. The highest BCUT2D eigenvalue weighted by Gasteiger charge is 2.24. The highest BCUT2D eigenvalue weighted by Crippen LogP contribution is 2.27. The monoisotopic (exact) mass is 399 g/mol. The van der Waals surface area contributed by atoms with Crippen LogP contribution in [0.3, 0.4) is 0 Å². The molecule has 2 heterocycles. The molecule has 4 aromatic rings. The van der Waals surface area contributed by atoms with E-state index in [2.05, 4.69) is 15.5 Å². The summed E-state index contributed by atoms with van der Waals surface area (Å²) in [6.45, 7) is 3.61. The van der Waals surface area contributed by atoms with E-state index >= 15 is 0 Å². The molecule has 2 aromatic heterocycles. The minimum Gasteiger partial charge on any atom is -0.360 e. The molecule has 6 heteroatoms. The summed E-state index contributed by atoms with van der Waals surface area (Å²) < 4.78 is 5.29. The van der Waals surface area contributed by atoms with Crippen LogP contribution in [-0.2, 0) is 0 Å². The van der Waals surface area contributed by atoms with Crippen LogP contribution in [-0.4, -0.2) is 21.8 Å². The predicted octanol–water partition coefficient (Wildman–Crippen LogP) is 4.70. The van der Waals surface area contributed by atoms with Gasteiger partial charge in [-0.3, -0.25) is 9.59 Å². The molecule has 0 saturated carbocycles. The number of hydrogen-bond donors (Lipinski definition) is 2. The van der Waals surface area contributed by atoms with Gasteiger partial charge in [0.2, 0.25) is 0 Å². The molecule has 4 rings (SSSR count). The second kappa shape index (κ2) is 8.21. The molecule has 6 nitrogen and oxygen atoms in total. The summed E-state index contributed by atoms with van der Waals surface area (Å²) in [7, 11) is 0. The molecular formula is C24H21N3O3. The normalized spacial score (nSPS) is 11.8. The van der Waals surface area contributed by atoms with Crippen molar-refractivity contribution >= 4 is 11.7 Å². The summed E-state index contributed by atoms with van der Waals surface area (Å²) in [5.74, 6) is -0.0986. The number of nitrogens with one attached hydrogen (secondary N) is 2. The SMILES string of the molecule is Cc1onc(-c2ccccc2)c1C(=O)c1c[nH]c(C(=O)NC(C)c2ccccc2)c1. The Hall–Kier alpha value is -3.93. The lowest BCUT2D eigenvalue weighted by Gasteiger charge is -2.13. The molecule has 30 heavy (non-hydrogen) atoms. The maximum Gasteiger partial charge on any atom is 0.268 e. The molecule has 150 valence electrons. The number of aryl methyl sites for hydroxylation is 1. The number of aromatic amines is 1. The summed E-state index contributed by atoms with van der Waals surface area (Å²) in [4.78, 5) is 28.7. The minimum atomic E-state index is -0.282. The van der Waals surface area contributed by atoms with Crippen molar-refractivity contribution in [2.45, 2.75) is 19.9 Å². The standard InChI is InChI=1S/C24H21N3O3/c1-15(17-9-5-3-6-10-17)26-24(29)20-13-19(14-25-20)23(28)21-16(2)30-27-22(21)18-11-7-4-8-12-18/h3-15,25H,1-2H3,(H,26,29). The first-order valence-electron chi connectivity index (χ1n) is 9.65. The molecule has 0 aliphatic heterocycles. The average molecular weight is 399 g/mol. The van der Waals surface area contributed by atoms with E-state index in [0.717, 1.165) is 11.1 Å². The number of rotatable bonds is 6. The van der Waals surface area contributed by atoms with Gasteiger partial charge in [0.05, 0.1) is 11.6 Å². The molecule has 1 amide bonds. The number of nitrogens with zero attached hydrogens (tertiary/aromatic N) is 1. The summed E-state index contributed by atoms with van der Waals surface area (Å²) >= 11 is 0. The number of carbonyl (C=O) groups is 2. The highest BCUT2D eigenvalue weighted by molar-refractivity contribution is 6.13. The fourth-order valence-electron chi connectivity index (χ4n) is 3.33. The molecule has 0 radical (unpaired) electrons. The number of carbonyl (C=O) groups excluding carboxylic acids is 2. The zero-order valence-corrected chi connectivity index (χ0v) is 16.7. The van der Waals surface area contributed by atoms with Gasteiger partial charge in [0.25, 0.3) is 5.91 Å². The predicted molar refractivity (Wildman–Crippen MR) is 113 cm³/mol. The van der Waals surface area contributed by atoms with E-state index in [0.29, 0.717) is 28.3 Å². The van der Waals surface area contributed by atoms with E-state index < -0.39 is 0 Å². The van der Waals surface area contributed by atoms with Crippen LogP contribution < -0.4 is 5.32 Å². The molecule has 1 unspecified atom stereocenters. The fourth-order valence-corrected chi connectivity index (χ4v) is 3.33. The summed E-state index contributed by atoms with van der Waals surface area (Å²) in [5.41, 5.74) is 3.37. The Morgan fingerprint density at radius 2 is 1.70 bits per heavy atom. The third-order valence-electron chi connectivity index (χ3n) is 4.97. The number of amides is 1. The largest absolute Gasteiger partial charge is 0.360 e. The Kier molecular flexibility index (Phi) is 5.30. The quantitative estimate of drug-likeness (QED) is 0.460. The number of ketones is 1. The second-order valence-electron chi connectivity index (χ2n) is 7.07. The molecule has 0 aliphatic rings. The Labute approximate surface area is 173 Å². The Morgan fingerprint density at radius 1 is 1.03 bits per heavy atom. The first-order valence-corrected chi connectivity index (χ1v) is 9.65. The third-order valence-corrected chi connectivity index (χ3v) is 4.97. The number of aromatic nitrogens is 2. The number of hydrogen-bond acceptors (Lipinski definition) is 4. The lowest BCUT2D eigenvalue weighted by atomic mass is 9.99. The van der Waals surface area contributed by atoms with Crippen molar-refractivity contribution in [3.05, 3.63) is 101 Å². The maximum atomic E-state index is 13.2. The van der Waals surface area contributed by atoms with E-state index in [4.69, 9.17) is 4.52 Å². The highest BCUT2D eigenvalue weighted by atomic mass is 16.5. The smallest absolute Gasteiger partial charge is 0.268 e. The maximum absolute atomic E-state index is 13.2. The van der Waals surface area contributed by atoms with Gasteiger partial charge in [-0.25, -0.2) is 0 Å². The molecular weight excluding hydrogens is 378 g/mol. The van der Waals surface area contributed by atoms with Crippen LogP contribution in [0.15, 0.2) is 77.4 Å². The van der Waals surface area contributed by atoms with Crippen LogP contribution in [0.1, 0.15) is 50.7 Å². The van der Waals surface area contributed by atoms with Gasteiger partial charge in [-0.15, -0.1) is 0 Å². The van der Waals surface area contributed by atoms with Crippen molar-refractivity contribution in [2.24, 2.45) is 0 Å². The van der Waals surface area contributed by atoms with Crippen molar-refractivity contribution < 1.29 is 14.1 Å². The first kappa shape index (κ1) is 19.4. The van der Waals surface area contributed by atoms with E-state index in [1.807, 2.05) is 67.6 Å². The van der Waals surface area contributed by atoms with Gasteiger partial charge in [-0.2, -0.15) is 0 Å². The molecule has 0 saturated heterocycles. The van der Waals surface area contributed by atoms with E-state index in [1.165, 1.54) is 6.20 Å². The minimum absolute atomic E-state index is 0.161. The molecule has 2 N–H and O–H groups in total. The molecule has 2 aromatic carbocycles. The van der Waals surface area contributed by atoms with E-state index in [9.17, 15) is 9.59 Å². The first-order chi connectivity index (χ1) is 14.5.